The summed E-state index contributed by atoms with van der Waals surface area (Å²) in [6, 6.07) is 0. The van der Waals surface area contributed by atoms with Crippen molar-refractivity contribution in [2.45, 2.75) is 32.2 Å². The highest BCUT2D eigenvalue weighted by atomic mass is 16.3. The van der Waals surface area contributed by atoms with Gasteiger partial charge in [0.05, 0.1) is 12.1 Å². The maximum atomic E-state index is 11.2. The van der Waals surface area contributed by atoms with E-state index in [1.165, 1.54) is 0 Å². The van der Waals surface area contributed by atoms with E-state index in [-0.39, 0.29) is 31.3 Å². The van der Waals surface area contributed by atoms with Crippen LogP contribution in [0.3, 0.4) is 0 Å². The fourth-order valence-corrected chi connectivity index (χ4v) is 1.32. The molecule has 0 aromatic rings. The van der Waals surface area contributed by atoms with Gasteiger partial charge in [-0.25, -0.2) is 0 Å². The molecule has 0 unspecified atom stereocenters. The number of aliphatic hydroxyl groups is 1. The molecule has 1 fully saturated rings. The van der Waals surface area contributed by atoms with E-state index >= 15 is 0 Å². The summed E-state index contributed by atoms with van der Waals surface area (Å²) in [5, 5.41) is 8.94. The number of carbonyl (C=O) groups excluding carboxylic acids is 2. The molecule has 4 nitrogen and oxygen atoms in total. The first-order valence-corrected chi connectivity index (χ1v) is 3.96. The normalized spacial score (nSPS) is 19.1. The van der Waals surface area contributed by atoms with Crippen molar-refractivity contribution < 1.29 is 14.7 Å². The zero-order valence-corrected chi connectivity index (χ0v) is 7.33. The van der Waals surface area contributed by atoms with Crippen molar-refractivity contribution in [3.05, 3.63) is 0 Å². The average Bonchev–Trinajstić information content (AvgIpc) is 2.31. The second kappa shape index (κ2) is 2.86. The smallest absolute Gasteiger partial charge is 0.230 e. The molecule has 0 aromatic heterocycles. The number of rotatable bonds is 2. The summed E-state index contributed by atoms with van der Waals surface area (Å²) in [4.78, 5) is 23.5. The number of hydrogen-bond donors (Lipinski definition) is 1. The second-order valence-corrected chi connectivity index (χ2v) is 3.59. The van der Waals surface area contributed by atoms with Crippen molar-refractivity contribution in [1.82, 2.24) is 4.90 Å². The van der Waals surface area contributed by atoms with Gasteiger partial charge in [-0.15, -0.1) is 0 Å². The van der Waals surface area contributed by atoms with Gasteiger partial charge in [0, 0.05) is 12.8 Å². The zero-order chi connectivity index (χ0) is 9.35. The molecule has 0 atom stereocenters. The lowest BCUT2D eigenvalue weighted by molar-refractivity contribution is -0.146. The minimum absolute atomic E-state index is 0.181. The first kappa shape index (κ1) is 9.19. The quantitative estimate of drug-likeness (QED) is 0.590. The fourth-order valence-electron chi connectivity index (χ4n) is 1.32. The number of carbonyl (C=O) groups is 2. The molecule has 1 aliphatic heterocycles. The summed E-state index contributed by atoms with van der Waals surface area (Å²) in [6.45, 7) is 3.16. The summed E-state index contributed by atoms with van der Waals surface area (Å²) in [7, 11) is 0. The Morgan fingerprint density at radius 1 is 1.33 bits per heavy atom. The van der Waals surface area contributed by atoms with Gasteiger partial charge in [0.25, 0.3) is 0 Å². The molecule has 2 amide bonds. The summed E-state index contributed by atoms with van der Waals surface area (Å²) < 4.78 is 0. The highest BCUT2D eigenvalue weighted by Gasteiger charge is 2.39. The summed E-state index contributed by atoms with van der Waals surface area (Å²) >= 11 is 0. The van der Waals surface area contributed by atoms with Crippen LogP contribution in [0.4, 0.5) is 0 Å². The molecule has 0 radical (unpaired) electrons. The minimum atomic E-state index is -0.745. The van der Waals surface area contributed by atoms with Crippen LogP contribution in [0.1, 0.15) is 26.7 Å². The molecule has 0 saturated carbocycles. The van der Waals surface area contributed by atoms with Crippen molar-refractivity contribution in [1.29, 1.82) is 0 Å². The van der Waals surface area contributed by atoms with Crippen LogP contribution in [0.5, 0.6) is 0 Å². The van der Waals surface area contributed by atoms with Crippen LogP contribution in [0, 0.1) is 0 Å². The molecule has 68 valence electrons. The molecule has 1 N–H and O–H groups in total. The lowest BCUT2D eigenvalue weighted by Crippen LogP contribution is -2.49. The molecule has 0 aliphatic carbocycles. The van der Waals surface area contributed by atoms with Gasteiger partial charge in [0.15, 0.2) is 0 Å². The molecule has 12 heavy (non-hydrogen) atoms. The molecular formula is C8H13NO3. The zero-order valence-electron chi connectivity index (χ0n) is 7.33. The van der Waals surface area contributed by atoms with Crippen LogP contribution in [0.15, 0.2) is 0 Å². The monoisotopic (exact) mass is 171 g/mol. The van der Waals surface area contributed by atoms with Crippen molar-refractivity contribution in [3.63, 3.8) is 0 Å². The largest absolute Gasteiger partial charge is 0.394 e. The lowest BCUT2D eigenvalue weighted by atomic mass is 10.1. The van der Waals surface area contributed by atoms with Crippen molar-refractivity contribution in [3.8, 4) is 0 Å². The van der Waals surface area contributed by atoms with E-state index in [2.05, 4.69) is 0 Å². The summed E-state index contributed by atoms with van der Waals surface area (Å²) in [6.07, 6.45) is 0.560. The van der Waals surface area contributed by atoms with E-state index in [1.54, 1.807) is 13.8 Å². The van der Waals surface area contributed by atoms with Crippen molar-refractivity contribution in [2.24, 2.45) is 0 Å². The number of likely N-dealkylation sites (tertiary alicyclic amines) is 1. The molecule has 1 heterocycles. The SMILES string of the molecule is CC(C)(CO)N1C(=O)CCC1=O. The van der Waals surface area contributed by atoms with Crippen molar-refractivity contribution in [2.75, 3.05) is 6.61 Å². The molecule has 1 aliphatic rings. The van der Waals surface area contributed by atoms with E-state index in [4.69, 9.17) is 5.11 Å². The van der Waals surface area contributed by atoms with Gasteiger partial charge in [-0.2, -0.15) is 0 Å². The predicted octanol–water partition coefficient (Wildman–Crippen LogP) is -0.0937. The third-order valence-electron chi connectivity index (χ3n) is 2.04. The minimum Gasteiger partial charge on any atom is -0.394 e. The Morgan fingerprint density at radius 2 is 1.75 bits per heavy atom. The van der Waals surface area contributed by atoms with E-state index in [0.717, 1.165) is 4.90 Å². The van der Waals surface area contributed by atoms with Crippen LogP contribution >= 0.6 is 0 Å². The Hall–Kier alpha value is -0.900. The highest BCUT2D eigenvalue weighted by molar-refractivity contribution is 6.02. The Bertz CT molecular complexity index is 206. The summed E-state index contributed by atoms with van der Waals surface area (Å²) in [5.74, 6) is -0.363. The maximum Gasteiger partial charge on any atom is 0.230 e. The van der Waals surface area contributed by atoms with Crippen LogP contribution < -0.4 is 0 Å². The average molecular weight is 171 g/mol. The molecule has 0 bridgehead atoms. The third-order valence-corrected chi connectivity index (χ3v) is 2.04. The number of nitrogens with zero attached hydrogens (tertiary/aromatic N) is 1. The van der Waals surface area contributed by atoms with Gasteiger partial charge < -0.3 is 5.11 Å². The van der Waals surface area contributed by atoms with Gasteiger partial charge in [0.2, 0.25) is 11.8 Å². The Kier molecular flexibility index (Phi) is 2.19. The third kappa shape index (κ3) is 1.34. The van der Waals surface area contributed by atoms with E-state index < -0.39 is 5.54 Å². The van der Waals surface area contributed by atoms with Gasteiger partial charge in [-0.05, 0) is 13.8 Å². The first-order valence-electron chi connectivity index (χ1n) is 3.96. The van der Waals surface area contributed by atoms with Gasteiger partial charge >= 0.3 is 0 Å². The number of amides is 2. The fraction of sp³-hybridized carbons (Fsp3) is 0.750. The molecule has 1 saturated heterocycles. The molecular weight excluding hydrogens is 158 g/mol. The Balaban J connectivity index is 2.86. The number of hydrogen-bond acceptors (Lipinski definition) is 3. The molecule has 1 rings (SSSR count). The summed E-state index contributed by atoms with van der Waals surface area (Å²) in [5.41, 5.74) is -0.745. The Labute approximate surface area is 71.2 Å². The van der Waals surface area contributed by atoms with E-state index in [1.807, 2.05) is 0 Å². The first-order chi connectivity index (χ1) is 5.49. The number of aliphatic hydroxyl groups excluding tert-OH is 1. The molecule has 4 heteroatoms. The van der Waals surface area contributed by atoms with E-state index in [0.29, 0.717) is 0 Å². The van der Waals surface area contributed by atoms with Crippen LogP contribution in [-0.2, 0) is 9.59 Å². The van der Waals surface area contributed by atoms with Crippen molar-refractivity contribution >= 4 is 11.8 Å². The van der Waals surface area contributed by atoms with Gasteiger partial charge in [-0.1, -0.05) is 0 Å². The van der Waals surface area contributed by atoms with Crippen LogP contribution in [-0.4, -0.2) is 34.0 Å². The Morgan fingerprint density at radius 3 is 2.08 bits per heavy atom. The molecule has 0 aromatic carbocycles. The second-order valence-electron chi connectivity index (χ2n) is 3.59. The number of imide groups is 1. The molecule has 0 spiro atoms. The van der Waals surface area contributed by atoms with Crippen LogP contribution in [0.25, 0.3) is 0 Å². The lowest BCUT2D eigenvalue weighted by Gasteiger charge is -2.31. The van der Waals surface area contributed by atoms with Gasteiger partial charge in [0.1, 0.15) is 0 Å². The van der Waals surface area contributed by atoms with Crippen LogP contribution in [0.2, 0.25) is 0 Å². The highest BCUT2D eigenvalue weighted by Crippen LogP contribution is 2.22. The standard InChI is InChI=1S/C8H13NO3/c1-8(2,5-10)9-6(11)3-4-7(9)12/h10H,3-5H2,1-2H3. The maximum absolute atomic E-state index is 11.2. The van der Waals surface area contributed by atoms with Gasteiger partial charge in [-0.3, -0.25) is 14.5 Å². The topological polar surface area (TPSA) is 57.6 Å². The predicted molar refractivity (Wildman–Crippen MR) is 42.3 cm³/mol. The van der Waals surface area contributed by atoms with E-state index in [9.17, 15) is 9.59 Å².